The molecule has 0 saturated heterocycles. The molecular formula is C32H33BrFN3O6S. The fourth-order valence-electron chi connectivity index (χ4n) is 4.97. The van der Waals surface area contributed by atoms with Crippen LogP contribution in [0.15, 0.2) is 77.7 Å². The molecule has 5 rings (SSSR count). The number of anilines is 2. The van der Waals surface area contributed by atoms with Crippen LogP contribution in [0.5, 0.6) is 11.5 Å². The van der Waals surface area contributed by atoms with Crippen molar-refractivity contribution in [1.82, 2.24) is 9.97 Å². The van der Waals surface area contributed by atoms with E-state index in [0.717, 1.165) is 22.2 Å². The molecule has 3 aromatic carbocycles. The van der Waals surface area contributed by atoms with Gasteiger partial charge in [0.2, 0.25) is 0 Å². The van der Waals surface area contributed by atoms with Gasteiger partial charge in [-0.1, -0.05) is 19.1 Å². The molecule has 1 aliphatic rings. The molecule has 0 bridgehead atoms. The number of hydrogen-bond acceptors (Lipinski definition) is 9. The van der Waals surface area contributed by atoms with Crippen LogP contribution in [0.4, 0.5) is 15.9 Å². The second kappa shape index (κ2) is 13.9. The Hall–Kier alpha value is -3.74. The van der Waals surface area contributed by atoms with E-state index in [1.165, 1.54) is 18.5 Å². The monoisotopic (exact) mass is 685 g/mol. The molecule has 1 atom stereocenters. The average Bonchev–Trinajstić information content (AvgIpc) is 3.48. The molecule has 0 amide bonds. The van der Waals surface area contributed by atoms with Gasteiger partial charge in [-0.25, -0.2) is 22.8 Å². The minimum Gasteiger partial charge on any atom is -0.496 e. The second-order valence-electron chi connectivity index (χ2n) is 10.4. The molecule has 1 aliphatic heterocycles. The Morgan fingerprint density at radius 2 is 1.95 bits per heavy atom. The summed E-state index contributed by atoms with van der Waals surface area (Å²) in [6.45, 7) is 2.26. The van der Waals surface area contributed by atoms with Crippen molar-refractivity contribution in [3.63, 3.8) is 0 Å². The van der Waals surface area contributed by atoms with Crippen molar-refractivity contribution in [2.45, 2.75) is 32.0 Å². The zero-order chi connectivity index (χ0) is 31.2. The molecular weight excluding hydrogens is 653 g/mol. The summed E-state index contributed by atoms with van der Waals surface area (Å²) in [6.07, 6.45) is 6.07. The predicted molar refractivity (Wildman–Crippen MR) is 171 cm³/mol. The van der Waals surface area contributed by atoms with Crippen molar-refractivity contribution in [2.75, 3.05) is 37.1 Å². The van der Waals surface area contributed by atoms with Gasteiger partial charge in [0.15, 0.2) is 15.4 Å². The lowest BCUT2D eigenvalue weighted by Gasteiger charge is -2.31. The highest BCUT2D eigenvalue weighted by molar-refractivity contribution is 9.10. The van der Waals surface area contributed by atoms with Gasteiger partial charge in [-0.05, 0) is 70.4 Å². The number of hydrogen-bond donors (Lipinski definition) is 1. The van der Waals surface area contributed by atoms with Gasteiger partial charge < -0.3 is 24.3 Å². The van der Waals surface area contributed by atoms with E-state index in [1.807, 2.05) is 43.3 Å². The highest BCUT2D eigenvalue weighted by atomic mass is 79.9. The molecule has 0 aliphatic carbocycles. The van der Waals surface area contributed by atoms with Crippen LogP contribution in [0.2, 0.25) is 0 Å². The zero-order valence-electron chi connectivity index (χ0n) is 24.4. The van der Waals surface area contributed by atoms with Gasteiger partial charge in [0.25, 0.3) is 0 Å². The summed E-state index contributed by atoms with van der Waals surface area (Å²) in [4.78, 5) is 8.96. The summed E-state index contributed by atoms with van der Waals surface area (Å²) in [6, 6.07) is 15.6. The van der Waals surface area contributed by atoms with Crippen LogP contribution in [0.3, 0.4) is 0 Å². The molecule has 9 nitrogen and oxygen atoms in total. The first-order chi connectivity index (χ1) is 21.2. The third kappa shape index (κ3) is 7.48. The Morgan fingerprint density at radius 1 is 1.09 bits per heavy atom. The van der Waals surface area contributed by atoms with Crippen LogP contribution in [-0.4, -0.2) is 50.2 Å². The van der Waals surface area contributed by atoms with Gasteiger partial charge in [-0.3, -0.25) is 0 Å². The molecule has 0 saturated carbocycles. The van der Waals surface area contributed by atoms with Gasteiger partial charge in [0, 0.05) is 34.9 Å². The fourth-order valence-corrected chi connectivity index (χ4v) is 6.66. The number of halogens is 2. The number of benzene rings is 3. The molecule has 1 N–H and O–H groups in total. The van der Waals surface area contributed by atoms with Crippen LogP contribution in [-0.2, 0) is 31.5 Å². The number of sulfone groups is 1. The number of nitrogens with one attached hydrogen (secondary N) is 1. The van der Waals surface area contributed by atoms with Crippen molar-refractivity contribution in [3.05, 3.63) is 94.7 Å². The summed E-state index contributed by atoms with van der Waals surface area (Å²) < 4.78 is 62.2. The van der Waals surface area contributed by atoms with E-state index >= 15 is 0 Å². The maximum atomic E-state index is 13.5. The minimum absolute atomic E-state index is 0.0503. The largest absolute Gasteiger partial charge is 0.496 e. The Kier molecular flexibility index (Phi) is 10.0. The van der Waals surface area contributed by atoms with Gasteiger partial charge in [0.1, 0.15) is 36.1 Å². The number of ether oxygens (including phenoxy) is 4. The van der Waals surface area contributed by atoms with E-state index < -0.39 is 15.4 Å². The molecule has 4 aromatic rings. The third-order valence-corrected chi connectivity index (χ3v) is 9.59. The summed E-state index contributed by atoms with van der Waals surface area (Å²) in [5.41, 5.74) is 1.95. The highest BCUT2D eigenvalue weighted by Gasteiger charge is 2.39. The van der Waals surface area contributed by atoms with E-state index in [0.29, 0.717) is 40.1 Å². The lowest BCUT2D eigenvalue weighted by molar-refractivity contribution is -0.0430. The molecule has 12 heteroatoms. The Balaban J connectivity index is 1.38. The number of methoxy groups -OCH3 is 1. The maximum Gasteiger partial charge on any atom is 0.163 e. The average molecular weight is 687 g/mol. The van der Waals surface area contributed by atoms with Crippen molar-refractivity contribution < 1.29 is 31.8 Å². The number of fused-ring (bicyclic) bond motifs is 1. The molecule has 2 heterocycles. The first-order valence-corrected chi connectivity index (χ1v) is 16.7. The maximum absolute atomic E-state index is 13.5. The van der Waals surface area contributed by atoms with E-state index in [4.69, 9.17) is 18.9 Å². The summed E-state index contributed by atoms with van der Waals surface area (Å²) in [5, 5.41) is 4.09. The minimum atomic E-state index is -3.17. The normalized spacial score (nSPS) is 16.2. The van der Waals surface area contributed by atoms with Crippen LogP contribution in [0, 0.1) is 5.82 Å². The number of aromatic nitrogens is 2. The van der Waals surface area contributed by atoms with Crippen molar-refractivity contribution in [1.29, 1.82) is 0 Å². The van der Waals surface area contributed by atoms with Crippen LogP contribution in [0.25, 0.3) is 10.9 Å². The van der Waals surface area contributed by atoms with E-state index in [9.17, 15) is 12.8 Å². The lowest BCUT2D eigenvalue weighted by atomic mass is 9.90. The SMILES string of the molecule is CCCS(=O)(=O)CCOCC1(c2cc3c(Nc4ccc(OCc5cccc(F)c5)c(Br)c4)ncnc3cc2OC)CC=CO1. The summed E-state index contributed by atoms with van der Waals surface area (Å²) in [7, 11) is -1.59. The lowest BCUT2D eigenvalue weighted by Crippen LogP contribution is -2.32. The van der Waals surface area contributed by atoms with Crippen LogP contribution < -0.4 is 14.8 Å². The van der Waals surface area contributed by atoms with Crippen molar-refractivity contribution in [2.24, 2.45) is 0 Å². The number of nitrogens with zero attached hydrogens (tertiary/aromatic N) is 2. The molecule has 1 unspecified atom stereocenters. The zero-order valence-corrected chi connectivity index (χ0v) is 26.8. The Labute approximate surface area is 264 Å². The molecule has 0 radical (unpaired) electrons. The Bertz CT molecular complexity index is 1760. The van der Waals surface area contributed by atoms with E-state index in [1.54, 1.807) is 25.5 Å². The number of rotatable bonds is 14. The molecule has 44 heavy (non-hydrogen) atoms. The molecule has 0 spiro atoms. The molecule has 0 fully saturated rings. The van der Waals surface area contributed by atoms with Crippen LogP contribution in [0.1, 0.15) is 30.9 Å². The van der Waals surface area contributed by atoms with Gasteiger partial charge >= 0.3 is 0 Å². The first-order valence-electron chi connectivity index (χ1n) is 14.1. The van der Waals surface area contributed by atoms with E-state index in [2.05, 4.69) is 31.2 Å². The van der Waals surface area contributed by atoms with Crippen molar-refractivity contribution in [3.8, 4) is 11.5 Å². The Morgan fingerprint density at radius 3 is 2.68 bits per heavy atom. The van der Waals surface area contributed by atoms with Gasteiger partial charge in [-0.15, -0.1) is 0 Å². The highest BCUT2D eigenvalue weighted by Crippen LogP contribution is 2.43. The second-order valence-corrected chi connectivity index (χ2v) is 13.5. The van der Waals surface area contributed by atoms with Gasteiger partial charge in [0.05, 0.1) is 42.3 Å². The van der Waals surface area contributed by atoms with Crippen molar-refractivity contribution >= 4 is 48.2 Å². The van der Waals surface area contributed by atoms with Crippen LogP contribution >= 0.6 is 15.9 Å². The fraction of sp³-hybridized carbons (Fsp3) is 0.312. The van der Waals surface area contributed by atoms with Gasteiger partial charge in [-0.2, -0.15) is 0 Å². The summed E-state index contributed by atoms with van der Waals surface area (Å²) in [5.74, 6) is 1.51. The molecule has 232 valence electrons. The molecule has 1 aromatic heterocycles. The standard InChI is InChI=1S/C32H33BrFN3O6S/c1-3-13-44(38,39)14-12-41-20-32(10-5-11-43-32)26-17-25-28(18-30(26)40-2)35-21-36-31(25)37-24-8-9-29(27(33)16-24)42-19-22-6-4-7-23(34)15-22/h4-9,11,15-18,21H,3,10,12-14,19-20H2,1-2H3,(H,35,36,37). The first kappa shape index (κ1) is 31.7. The topological polar surface area (TPSA) is 109 Å². The smallest absolute Gasteiger partial charge is 0.163 e. The quantitative estimate of drug-likeness (QED) is 0.143. The summed E-state index contributed by atoms with van der Waals surface area (Å²) >= 11 is 3.57. The third-order valence-electron chi connectivity index (χ3n) is 7.15. The predicted octanol–water partition coefficient (Wildman–Crippen LogP) is 6.83. The van der Waals surface area contributed by atoms with E-state index in [-0.39, 0.29) is 37.1 Å².